The van der Waals surface area contributed by atoms with Gasteiger partial charge in [0.25, 0.3) is 0 Å². The summed E-state index contributed by atoms with van der Waals surface area (Å²) in [5.41, 5.74) is 0. The fourth-order valence-corrected chi connectivity index (χ4v) is 0.900. The highest BCUT2D eigenvalue weighted by Gasteiger charge is 2.73. The highest BCUT2D eigenvalue weighted by atomic mass is 19.4. The van der Waals surface area contributed by atoms with Gasteiger partial charge in [-0.1, -0.05) is 0 Å². The molecule has 1 atom stereocenters. The van der Waals surface area contributed by atoms with Crippen LogP contribution in [-0.4, -0.2) is 41.8 Å². The Kier molecular flexibility index (Phi) is 4.98. The van der Waals surface area contributed by atoms with Crippen LogP contribution in [0.4, 0.5) is 30.7 Å². The first-order valence-corrected chi connectivity index (χ1v) is 4.54. The smallest absolute Gasteiger partial charge is 0.459 e. The van der Waals surface area contributed by atoms with E-state index < -0.39 is 36.5 Å². The van der Waals surface area contributed by atoms with Gasteiger partial charge in [-0.3, -0.25) is 0 Å². The monoisotopic (exact) mass is 286 g/mol. The van der Waals surface area contributed by atoms with Crippen LogP contribution in [-0.2, 0) is 9.53 Å². The normalized spacial score (nSPS) is 15.4. The molecule has 0 aliphatic carbocycles. The maximum atomic E-state index is 12.7. The summed E-state index contributed by atoms with van der Waals surface area (Å²) in [4.78, 5) is 10.7. The van der Waals surface area contributed by atoms with Crippen molar-refractivity contribution in [3.05, 3.63) is 0 Å². The van der Waals surface area contributed by atoms with Crippen molar-refractivity contribution >= 4 is 5.97 Å². The minimum Gasteiger partial charge on any atom is -0.464 e. The summed E-state index contributed by atoms with van der Waals surface area (Å²) in [7, 11) is 0. The van der Waals surface area contributed by atoms with Gasteiger partial charge in [0, 0.05) is 0 Å². The first-order chi connectivity index (χ1) is 7.87. The molecule has 0 aliphatic rings. The Hall–Kier alpha value is -1.06. The van der Waals surface area contributed by atoms with Gasteiger partial charge in [-0.25, -0.2) is 4.79 Å². The second-order valence-electron chi connectivity index (χ2n) is 3.25. The molecule has 0 aromatic heterocycles. The Balaban J connectivity index is 4.91. The van der Waals surface area contributed by atoms with Crippen LogP contribution < -0.4 is 0 Å². The fourth-order valence-electron chi connectivity index (χ4n) is 0.900. The number of halogens is 7. The molecule has 0 aromatic carbocycles. The minimum absolute atomic E-state index is 0.350. The molecule has 10 heteroatoms. The predicted octanol–water partition coefficient (Wildman–Crippen LogP) is 2.13. The fraction of sp³-hybridized carbons (Fsp3) is 0.875. The Morgan fingerprint density at radius 1 is 1.17 bits per heavy atom. The number of rotatable bonds is 5. The maximum absolute atomic E-state index is 12.7. The van der Waals surface area contributed by atoms with E-state index in [2.05, 4.69) is 4.74 Å². The molecule has 0 radical (unpaired) electrons. The van der Waals surface area contributed by atoms with Crippen molar-refractivity contribution < 1.29 is 45.4 Å². The average Bonchev–Trinajstić information content (AvgIpc) is 2.15. The lowest BCUT2D eigenvalue weighted by Crippen LogP contribution is -2.53. The van der Waals surface area contributed by atoms with Crippen LogP contribution in [0.3, 0.4) is 0 Å². The number of aliphatic hydroxyl groups is 1. The van der Waals surface area contributed by atoms with Gasteiger partial charge in [-0.2, -0.15) is 30.7 Å². The third kappa shape index (κ3) is 3.47. The molecule has 0 fully saturated rings. The Morgan fingerprint density at radius 3 is 1.94 bits per heavy atom. The van der Waals surface area contributed by atoms with Gasteiger partial charge in [0.1, 0.15) is 0 Å². The summed E-state index contributed by atoms with van der Waals surface area (Å²) >= 11 is 0. The molecule has 0 saturated heterocycles. The molecular weight excluding hydrogens is 277 g/mol. The molecule has 108 valence electrons. The minimum atomic E-state index is -6.50. The molecule has 0 spiro atoms. The number of aliphatic hydroxyl groups excluding tert-OH is 1. The Bertz CT molecular complexity index is 300. The highest BCUT2D eigenvalue weighted by molar-refractivity contribution is 5.74. The molecule has 0 rings (SSSR count). The second-order valence-corrected chi connectivity index (χ2v) is 3.25. The molecule has 18 heavy (non-hydrogen) atoms. The largest absolute Gasteiger partial charge is 0.464 e. The van der Waals surface area contributed by atoms with Gasteiger partial charge in [-0.15, -0.1) is 0 Å². The van der Waals surface area contributed by atoms with Crippen molar-refractivity contribution in [1.29, 1.82) is 0 Å². The second kappa shape index (κ2) is 5.29. The quantitative estimate of drug-likeness (QED) is 0.622. The standard InChI is InChI=1S/C8H9F7O3/c1-2-18-5(17)4(16)3-6(9,10)7(11,12)8(13,14)15/h4,16H,2-3H2,1H3. The topological polar surface area (TPSA) is 46.5 Å². The van der Waals surface area contributed by atoms with Crippen molar-refractivity contribution in [2.75, 3.05) is 6.61 Å². The molecule has 0 saturated carbocycles. The van der Waals surface area contributed by atoms with Crippen molar-refractivity contribution in [2.24, 2.45) is 0 Å². The highest BCUT2D eigenvalue weighted by Crippen LogP contribution is 2.48. The summed E-state index contributed by atoms with van der Waals surface area (Å²) < 4.78 is 89.3. The number of hydrogen-bond donors (Lipinski definition) is 1. The van der Waals surface area contributed by atoms with Crippen LogP contribution in [0.2, 0.25) is 0 Å². The first-order valence-electron chi connectivity index (χ1n) is 4.54. The first kappa shape index (κ1) is 16.9. The zero-order chi connectivity index (χ0) is 14.8. The zero-order valence-electron chi connectivity index (χ0n) is 8.90. The van der Waals surface area contributed by atoms with Crippen LogP contribution in [0.15, 0.2) is 0 Å². The number of ether oxygens (including phenoxy) is 1. The Morgan fingerprint density at radius 2 is 1.61 bits per heavy atom. The Labute approximate surface area is 96.5 Å². The maximum Gasteiger partial charge on any atom is 0.459 e. The van der Waals surface area contributed by atoms with E-state index in [4.69, 9.17) is 5.11 Å². The van der Waals surface area contributed by atoms with Crippen LogP contribution >= 0.6 is 0 Å². The van der Waals surface area contributed by atoms with E-state index in [1.54, 1.807) is 0 Å². The SMILES string of the molecule is CCOC(=O)C(O)CC(F)(F)C(F)(F)C(F)(F)F. The van der Waals surface area contributed by atoms with Crippen LogP contribution in [0.25, 0.3) is 0 Å². The lowest BCUT2D eigenvalue weighted by atomic mass is 10.0. The molecule has 3 nitrogen and oxygen atoms in total. The molecule has 1 unspecified atom stereocenters. The van der Waals surface area contributed by atoms with Gasteiger partial charge >= 0.3 is 24.0 Å². The number of alkyl halides is 7. The van der Waals surface area contributed by atoms with Gasteiger partial charge < -0.3 is 9.84 Å². The molecule has 0 aromatic rings. The third-order valence-electron chi connectivity index (χ3n) is 1.82. The van der Waals surface area contributed by atoms with Crippen LogP contribution in [0, 0.1) is 0 Å². The van der Waals surface area contributed by atoms with Gasteiger partial charge in [0.15, 0.2) is 6.10 Å². The van der Waals surface area contributed by atoms with Crippen molar-refractivity contribution in [3.63, 3.8) is 0 Å². The lowest BCUT2D eigenvalue weighted by Gasteiger charge is -2.29. The zero-order valence-corrected chi connectivity index (χ0v) is 8.90. The van der Waals surface area contributed by atoms with Gasteiger partial charge in [0.05, 0.1) is 13.0 Å². The van der Waals surface area contributed by atoms with Crippen molar-refractivity contribution in [2.45, 2.75) is 37.5 Å². The molecule has 0 bridgehead atoms. The van der Waals surface area contributed by atoms with E-state index in [-0.39, 0.29) is 6.61 Å². The molecule has 0 heterocycles. The lowest BCUT2D eigenvalue weighted by molar-refractivity contribution is -0.357. The number of esters is 1. The molecular formula is C8H9F7O3. The van der Waals surface area contributed by atoms with Gasteiger partial charge in [0.2, 0.25) is 0 Å². The predicted molar refractivity (Wildman–Crippen MR) is 43.2 cm³/mol. The summed E-state index contributed by atoms with van der Waals surface area (Å²) in [5, 5.41) is 8.76. The summed E-state index contributed by atoms with van der Waals surface area (Å²) in [6.45, 7) is 0.879. The number of carbonyl (C=O) groups is 1. The average molecular weight is 286 g/mol. The molecule has 0 aliphatic heterocycles. The van der Waals surface area contributed by atoms with Crippen molar-refractivity contribution in [3.8, 4) is 0 Å². The van der Waals surface area contributed by atoms with Gasteiger partial charge in [-0.05, 0) is 6.92 Å². The van der Waals surface area contributed by atoms with Crippen molar-refractivity contribution in [1.82, 2.24) is 0 Å². The van der Waals surface area contributed by atoms with E-state index in [0.29, 0.717) is 0 Å². The number of carbonyl (C=O) groups excluding carboxylic acids is 1. The van der Waals surface area contributed by atoms with E-state index in [1.165, 1.54) is 6.92 Å². The van der Waals surface area contributed by atoms with Crippen LogP contribution in [0.5, 0.6) is 0 Å². The van der Waals surface area contributed by atoms with E-state index in [9.17, 15) is 35.5 Å². The summed E-state index contributed by atoms with van der Waals surface area (Å²) in [6.07, 6.45) is -11.7. The van der Waals surface area contributed by atoms with E-state index >= 15 is 0 Å². The summed E-state index contributed by atoms with van der Waals surface area (Å²) in [5.74, 6) is -13.7. The van der Waals surface area contributed by atoms with Crippen LogP contribution in [0.1, 0.15) is 13.3 Å². The summed E-state index contributed by atoms with van der Waals surface area (Å²) in [6, 6.07) is 0. The molecule has 0 amide bonds. The number of hydrogen-bond acceptors (Lipinski definition) is 3. The van der Waals surface area contributed by atoms with E-state index in [0.717, 1.165) is 0 Å². The van der Waals surface area contributed by atoms with E-state index in [1.807, 2.05) is 0 Å². The third-order valence-corrected chi connectivity index (χ3v) is 1.82. The molecule has 1 N–H and O–H groups in total.